The van der Waals surface area contributed by atoms with Crippen molar-refractivity contribution in [3.05, 3.63) is 77.6 Å². The zero-order valence-corrected chi connectivity index (χ0v) is 16.7. The fraction of sp³-hybridized carbons (Fsp3) is 0.304. The number of pyridine rings is 1. The van der Waals surface area contributed by atoms with E-state index in [1.54, 1.807) is 12.4 Å². The van der Waals surface area contributed by atoms with Crippen LogP contribution >= 0.6 is 0 Å². The largest absolute Gasteiger partial charge is 0.344 e. The molecule has 1 aliphatic carbocycles. The van der Waals surface area contributed by atoms with Crippen LogP contribution in [0.3, 0.4) is 0 Å². The first-order valence-corrected chi connectivity index (χ1v) is 10.5. The Labute approximate surface area is 174 Å². The Bertz CT molecular complexity index is 1140. The average Bonchev–Trinajstić information content (AvgIpc) is 3.49. The summed E-state index contributed by atoms with van der Waals surface area (Å²) < 4.78 is 1.84. The Kier molecular flexibility index (Phi) is 5.01. The van der Waals surface area contributed by atoms with E-state index in [0.29, 0.717) is 5.56 Å². The van der Waals surface area contributed by atoms with Crippen LogP contribution in [0.5, 0.6) is 0 Å². The number of nitrogens with one attached hydrogen (secondary N) is 2. The lowest BCUT2D eigenvalue weighted by molar-refractivity contribution is 0.0936. The molecule has 1 aliphatic rings. The van der Waals surface area contributed by atoms with Gasteiger partial charge in [0.1, 0.15) is 5.82 Å². The van der Waals surface area contributed by atoms with Crippen molar-refractivity contribution in [1.29, 1.82) is 0 Å². The molecule has 0 saturated heterocycles. The number of aryl methyl sites for hydroxylation is 3. The lowest BCUT2D eigenvalue weighted by Gasteiger charge is -2.12. The monoisotopic (exact) mass is 400 g/mol. The Morgan fingerprint density at radius 3 is 3.07 bits per heavy atom. The molecule has 30 heavy (non-hydrogen) atoms. The number of benzene rings is 1. The number of H-pyrrole nitrogens is 1. The van der Waals surface area contributed by atoms with Crippen molar-refractivity contribution in [2.24, 2.45) is 0 Å². The summed E-state index contributed by atoms with van der Waals surface area (Å²) in [5.74, 6) is 0.925. The molecule has 0 radical (unpaired) electrons. The van der Waals surface area contributed by atoms with Crippen molar-refractivity contribution in [2.75, 3.05) is 0 Å². The van der Waals surface area contributed by atoms with Crippen molar-refractivity contribution in [2.45, 2.75) is 44.7 Å². The molecular formula is C23H24N6O. The van der Waals surface area contributed by atoms with Gasteiger partial charge in [-0.1, -0.05) is 18.2 Å². The molecule has 7 heteroatoms. The van der Waals surface area contributed by atoms with E-state index >= 15 is 0 Å². The lowest BCUT2D eigenvalue weighted by Crippen LogP contribution is -2.27. The van der Waals surface area contributed by atoms with E-state index in [1.165, 1.54) is 5.56 Å². The Hall–Kier alpha value is -3.48. The van der Waals surface area contributed by atoms with Gasteiger partial charge in [0.2, 0.25) is 0 Å². The molecule has 1 unspecified atom stereocenters. The molecule has 1 amide bonds. The van der Waals surface area contributed by atoms with Gasteiger partial charge in [0.05, 0.1) is 34.5 Å². The number of aromatic nitrogens is 5. The summed E-state index contributed by atoms with van der Waals surface area (Å²) >= 11 is 0. The number of imidazole rings is 1. The van der Waals surface area contributed by atoms with Crippen LogP contribution in [0.4, 0.5) is 0 Å². The number of rotatable bonds is 7. The molecule has 152 valence electrons. The maximum atomic E-state index is 12.6. The molecule has 1 aromatic carbocycles. The minimum absolute atomic E-state index is 0.0131. The normalized spacial score (nSPS) is 15.4. The first-order valence-electron chi connectivity index (χ1n) is 10.5. The van der Waals surface area contributed by atoms with Crippen molar-refractivity contribution in [3.8, 4) is 0 Å². The van der Waals surface area contributed by atoms with Gasteiger partial charge >= 0.3 is 0 Å². The third-order valence-electron chi connectivity index (χ3n) is 5.65. The molecule has 4 aromatic rings. The highest BCUT2D eigenvalue weighted by Gasteiger charge is 2.25. The van der Waals surface area contributed by atoms with E-state index in [1.807, 2.05) is 41.2 Å². The number of fused-ring (bicyclic) bond motifs is 2. The van der Waals surface area contributed by atoms with Gasteiger partial charge in [0.15, 0.2) is 0 Å². The molecule has 0 aliphatic heterocycles. The van der Waals surface area contributed by atoms with E-state index < -0.39 is 0 Å². The second kappa shape index (κ2) is 8.10. The van der Waals surface area contributed by atoms with Crippen LogP contribution in [-0.2, 0) is 19.4 Å². The number of amides is 1. The van der Waals surface area contributed by atoms with Crippen LogP contribution in [0.25, 0.3) is 11.0 Å². The number of aromatic amines is 1. The molecular weight excluding hydrogens is 376 g/mol. The highest BCUT2D eigenvalue weighted by atomic mass is 16.1. The maximum absolute atomic E-state index is 12.6. The summed E-state index contributed by atoms with van der Waals surface area (Å²) in [6.07, 6.45) is 9.98. The molecule has 0 saturated carbocycles. The molecule has 3 heterocycles. The van der Waals surface area contributed by atoms with Crippen molar-refractivity contribution in [3.63, 3.8) is 0 Å². The zero-order valence-electron chi connectivity index (χ0n) is 16.7. The SMILES string of the molecule is O=C(NC1CCc2cccnc21)c1cnn(CCCCc2nc3ccccc3[nH]2)c1. The van der Waals surface area contributed by atoms with Crippen LogP contribution in [-0.4, -0.2) is 30.6 Å². The fourth-order valence-corrected chi connectivity index (χ4v) is 4.09. The van der Waals surface area contributed by atoms with Crippen LogP contribution in [0.1, 0.15) is 52.7 Å². The fourth-order valence-electron chi connectivity index (χ4n) is 4.09. The maximum Gasteiger partial charge on any atom is 0.255 e. The van der Waals surface area contributed by atoms with E-state index in [-0.39, 0.29) is 11.9 Å². The van der Waals surface area contributed by atoms with Gasteiger partial charge < -0.3 is 10.3 Å². The molecule has 2 N–H and O–H groups in total. The topological polar surface area (TPSA) is 88.5 Å². The minimum atomic E-state index is -0.0907. The van der Waals surface area contributed by atoms with Gasteiger partial charge in [-0.05, 0) is 49.4 Å². The number of carbonyl (C=O) groups is 1. The molecule has 0 bridgehead atoms. The Balaban J connectivity index is 1.12. The summed E-state index contributed by atoms with van der Waals surface area (Å²) in [7, 11) is 0. The molecule has 0 fully saturated rings. The number of hydrogen-bond donors (Lipinski definition) is 2. The standard InChI is InChI=1S/C23H24N6O/c30-23(28-20-11-10-16-6-5-12-24-22(16)20)17-14-25-29(15-17)13-4-3-9-21-26-18-7-1-2-8-19(18)27-21/h1-2,5-8,12,14-15,20H,3-4,9-11,13H2,(H,26,27)(H,28,30). The lowest BCUT2D eigenvalue weighted by atomic mass is 10.2. The summed E-state index contributed by atoms with van der Waals surface area (Å²) in [6, 6.07) is 12.1. The summed E-state index contributed by atoms with van der Waals surface area (Å²) in [6.45, 7) is 0.779. The van der Waals surface area contributed by atoms with Crippen LogP contribution < -0.4 is 5.32 Å². The quantitative estimate of drug-likeness (QED) is 0.464. The molecule has 5 rings (SSSR count). The summed E-state index contributed by atoms with van der Waals surface area (Å²) in [5.41, 5.74) is 4.90. The van der Waals surface area contributed by atoms with E-state index in [0.717, 1.165) is 61.2 Å². The average molecular weight is 400 g/mol. The van der Waals surface area contributed by atoms with Gasteiger partial charge in [0, 0.05) is 25.4 Å². The zero-order chi connectivity index (χ0) is 20.3. The van der Waals surface area contributed by atoms with Crippen molar-refractivity contribution >= 4 is 16.9 Å². The third-order valence-corrected chi connectivity index (χ3v) is 5.65. The van der Waals surface area contributed by atoms with Gasteiger partial charge in [0.25, 0.3) is 5.91 Å². The van der Waals surface area contributed by atoms with Gasteiger partial charge in [-0.2, -0.15) is 5.10 Å². The summed E-state index contributed by atoms with van der Waals surface area (Å²) in [4.78, 5) is 25.0. The smallest absolute Gasteiger partial charge is 0.255 e. The number of hydrogen-bond acceptors (Lipinski definition) is 4. The molecule has 0 spiro atoms. The van der Waals surface area contributed by atoms with Gasteiger partial charge in [-0.25, -0.2) is 4.98 Å². The first kappa shape index (κ1) is 18.5. The predicted octanol–water partition coefficient (Wildman–Crippen LogP) is 3.59. The highest BCUT2D eigenvalue weighted by molar-refractivity contribution is 5.94. The second-order valence-electron chi connectivity index (χ2n) is 7.76. The van der Waals surface area contributed by atoms with Crippen LogP contribution in [0.2, 0.25) is 0 Å². The second-order valence-corrected chi connectivity index (χ2v) is 7.76. The van der Waals surface area contributed by atoms with E-state index in [2.05, 4.69) is 31.4 Å². The number of nitrogens with zero attached hydrogens (tertiary/aromatic N) is 4. The van der Waals surface area contributed by atoms with Crippen LogP contribution in [0.15, 0.2) is 55.0 Å². The first-order chi connectivity index (χ1) is 14.8. The number of para-hydroxylation sites is 2. The van der Waals surface area contributed by atoms with E-state index in [9.17, 15) is 4.79 Å². The van der Waals surface area contributed by atoms with Crippen molar-refractivity contribution in [1.82, 2.24) is 30.0 Å². The van der Waals surface area contributed by atoms with E-state index in [4.69, 9.17) is 0 Å². The number of unbranched alkanes of at least 4 members (excludes halogenated alkanes) is 1. The Morgan fingerprint density at radius 1 is 1.20 bits per heavy atom. The minimum Gasteiger partial charge on any atom is -0.344 e. The van der Waals surface area contributed by atoms with Gasteiger partial charge in [-0.15, -0.1) is 0 Å². The molecule has 3 aromatic heterocycles. The number of carbonyl (C=O) groups excluding carboxylic acids is 1. The predicted molar refractivity (Wildman–Crippen MR) is 114 cm³/mol. The third kappa shape index (κ3) is 3.83. The van der Waals surface area contributed by atoms with Crippen LogP contribution in [0, 0.1) is 0 Å². The summed E-state index contributed by atoms with van der Waals surface area (Å²) in [5, 5.41) is 7.45. The van der Waals surface area contributed by atoms with Gasteiger partial charge in [-0.3, -0.25) is 14.5 Å². The van der Waals surface area contributed by atoms with Crippen molar-refractivity contribution < 1.29 is 4.79 Å². The Morgan fingerprint density at radius 2 is 2.13 bits per heavy atom. The molecule has 7 nitrogen and oxygen atoms in total. The highest BCUT2D eigenvalue weighted by Crippen LogP contribution is 2.29. The molecule has 1 atom stereocenters.